The number of rotatable bonds is 2. The van der Waals surface area contributed by atoms with E-state index >= 15 is 0 Å². The molecule has 0 atom stereocenters. The van der Waals surface area contributed by atoms with Crippen molar-refractivity contribution in [2.45, 2.75) is 19.3 Å². The van der Waals surface area contributed by atoms with Crippen LogP contribution in [0.1, 0.15) is 24.1 Å². The van der Waals surface area contributed by atoms with Crippen molar-refractivity contribution in [3.8, 4) is 0 Å². The minimum Gasteiger partial charge on any atom is -0.315 e. The van der Waals surface area contributed by atoms with Gasteiger partial charge in [-0.2, -0.15) is 0 Å². The van der Waals surface area contributed by atoms with Gasteiger partial charge >= 0.3 is 0 Å². The van der Waals surface area contributed by atoms with Gasteiger partial charge in [-0.3, -0.25) is 4.98 Å². The Hall–Kier alpha value is -0.890. The van der Waals surface area contributed by atoms with Gasteiger partial charge in [0.2, 0.25) is 0 Å². The first-order valence-electron chi connectivity index (χ1n) is 4.55. The number of hydrogen-bond donors (Lipinski definition) is 1. The molecule has 2 heterocycles. The number of nitrogens with zero attached hydrogens (tertiary/aromatic N) is 1. The third kappa shape index (κ3) is 1.34. The summed E-state index contributed by atoms with van der Waals surface area (Å²) in [5.74, 6) is 0.711. The number of aryl methyl sites for hydroxylation is 1. The third-order valence-corrected chi connectivity index (χ3v) is 2.46. The molecule has 2 rings (SSSR count). The Morgan fingerprint density at radius 3 is 2.75 bits per heavy atom. The molecule has 1 aromatic heterocycles. The Labute approximate surface area is 73.0 Å². The summed E-state index contributed by atoms with van der Waals surface area (Å²) in [7, 11) is 0. The van der Waals surface area contributed by atoms with Crippen molar-refractivity contribution in [1.82, 2.24) is 10.3 Å². The summed E-state index contributed by atoms with van der Waals surface area (Å²) in [6.07, 6.45) is 3.05. The number of pyridine rings is 1. The van der Waals surface area contributed by atoms with Gasteiger partial charge in [0.15, 0.2) is 0 Å². The summed E-state index contributed by atoms with van der Waals surface area (Å²) in [5, 5.41) is 3.26. The zero-order chi connectivity index (χ0) is 8.39. The van der Waals surface area contributed by atoms with Crippen molar-refractivity contribution in [2.75, 3.05) is 13.1 Å². The maximum atomic E-state index is 4.37. The fourth-order valence-electron chi connectivity index (χ4n) is 1.41. The molecule has 0 amide bonds. The average Bonchev–Trinajstić information content (AvgIpc) is 2.03. The molecule has 1 aliphatic rings. The second kappa shape index (κ2) is 3.23. The lowest BCUT2D eigenvalue weighted by Gasteiger charge is -2.27. The zero-order valence-electron chi connectivity index (χ0n) is 7.38. The van der Waals surface area contributed by atoms with Crippen molar-refractivity contribution in [2.24, 2.45) is 0 Å². The average molecular weight is 162 g/mol. The molecule has 0 aliphatic carbocycles. The molecule has 0 radical (unpaired) electrons. The van der Waals surface area contributed by atoms with Gasteiger partial charge < -0.3 is 5.32 Å². The van der Waals surface area contributed by atoms with Crippen LogP contribution in [0, 0.1) is 0 Å². The summed E-state index contributed by atoms with van der Waals surface area (Å²) in [5.41, 5.74) is 2.57. The highest BCUT2D eigenvalue weighted by molar-refractivity contribution is 5.21. The fraction of sp³-hybridized carbons (Fsp3) is 0.500. The van der Waals surface area contributed by atoms with Gasteiger partial charge in [-0.25, -0.2) is 0 Å². The van der Waals surface area contributed by atoms with E-state index in [-0.39, 0.29) is 0 Å². The van der Waals surface area contributed by atoms with Gasteiger partial charge in [0.25, 0.3) is 0 Å². The number of aromatic nitrogens is 1. The summed E-state index contributed by atoms with van der Waals surface area (Å²) in [4.78, 5) is 4.37. The first-order chi connectivity index (χ1) is 5.90. The predicted octanol–water partition coefficient (Wildman–Crippen LogP) is 1.33. The quantitative estimate of drug-likeness (QED) is 0.709. The smallest absolute Gasteiger partial charge is 0.0401 e. The van der Waals surface area contributed by atoms with Crippen LogP contribution in [-0.4, -0.2) is 18.1 Å². The highest BCUT2D eigenvalue weighted by atomic mass is 14.9. The Kier molecular flexibility index (Phi) is 2.09. The van der Waals surface area contributed by atoms with E-state index in [1.165, 1.54) is 11.3 Å². The van der Waals surface area contributed by atoms with E-state index in [4.69, 9.17) is 0 Å². The Balaban J connectivity index is 2.13. The molecule has 0 aromatic carbocycles. The molecule has 0 unspecified atom stereocenters. The minimum absolute atomic E-state index is 0.711. The molecular weight excluding hydrogens is 148 g/mol. The van der Waals surface area contributed by atoms with E-state index in [2.05, 4.69) is 29.4 Å². The Morgan fingerprint density at radius 1 is 1.50 bits per heavy atom. The van der Waals surface area contributed by atoms with E-state index in [0.717, 1.165) is 19.5 Å². The molecule has 0 saturated carbocycles. The zero-order valence-corrected chi connectivity index (χ0v) is 7.38. The minimum atomic E-state index is 0.711. The maximum absolute atomic E-state index is 4.37. The summed E-state index contributed by atoms with van der Waals surface area (Å²) in [6, 6.07) is 4.34. The molecule has 1 aliphatic heterocycles. The van der Waals surface area contributed by atoms with Crippen molar-refractivity contribution < 1.29 is 0 Å². The molecule has 12 heavy (non-hydrogen) atoms. The second-order valence-corrected chi connectivity index (χ2v) is 3.29. The lowest BCUT2D eigenvalue weighted by Crippen LogP contribution is -2.39. The van der Waals surface area contributed by atoms with Gasteiger partial charge in [-0.05, 0) is 18.1 Å². The topological polar surface area (TPSA) is 24.9 Å². The third-order valence-electron chi connectivity index (χ3n) is 2.46. The molecule has 1 saturated heterocycles. The molecule has 0 bridgehead atoms. The fourth-order valence-corrected chi connectivity index (χ4v) is 1.41. The highest BCUT2D eigenvalue weighted by Gasteiger charge is 2.18. The summed E-state index contributed by atoms with van der Waals surface area (Å²) in [6.45, 7) is 4.37. The predicted molar refractivity (Wildman–Crippen MR) is 49.2 cm³/mol. The van der Waals surface area contributed by atoms with Gasteiger partial charge in [0.1, 0.15) is 0 Å². The van der Waals surface area contributed by atoms with Crippen LogP contribution < -0.4 is 5.32 Å². The van der Waals surface area contributed by atoms with Crippen LogP contribution in [0.15, 0.2) is 18.3 Å². The second-order valence-electron chi connectivity index (χ2n) is 3.29. The molecular formula is C10H14N2. The molecule has 2 nitrogen and oxygen atoms in total. The molecule has 1 fully saturated rings. The van der Waals surface area contributed by atoms with Crippen LogP contribution >= 0.6 is 0 Å². The summed E-state index contributed by atoms with van der Waals surface area (Å²) >= 11 is 0. The van der Waals surface area contributed by atoms with E-state index in [1.54, 1.807) is 0 Å². The molecule has 1 N–H and O–H groups in total. The standard InChI is InChI=1S/C10H14N2/c1-2-10-4-3-8(7-12-10)9-5-11-6-9/h3-4,7,9,11H,2,5-6H2,1H3. The van der Waals surface area contributed by atoms with Gasteiger partial charge in [0, 0.05) is 30.9 Å². The summed E-state index contributed by atoms with van der Waals surface area (Å²) < 4.78 is 0. The van der Waals surface area contributed by atoms with Crippen molar-refractivity contribution in [1.29, 1.82) is 0 Å². The van der Waals surface area contributed by atoms with Gasteiger partial charge in [0.05, 0.1) is 0 Å². The maximum Gasteiger partial charge on any atom is 0.0401 e. The highest BCUT2D eigenvalue weighted by Crippen LogP contribution is 2.18. The molecule has 0 spiro atoms. The Bertz CT molecular complexity index is 249. The largest absolute Gasteiger partial charge is 0.315 e. The Morgan fingerprint density at radius 2 is 2.33 bits per heavy atom. The molecule has 64 valence electrons. The van der Waals surface area contributed by atoms with Gasteiger partial charge in [-0.15, -0.1) is 0 Å². The lowest BCUT2D eigenvalue weighted by molar-refractivity contribution is 0.447. The first kappa shape index (κ1) is 7.74. The lowest BCUT2D eigenvalue weighted by atomic mass is 9.95. The van der Waals surface area contributed by atoms with Crippen LogP contribution in [0.3, 0.4) is 0 Å². The van der Waals surface area contributed by atoms with E-state index < -0.39 is 0 Å². The van der Waals surface area contributed by atoms with E-state index in [1.807, 2.05) is 6.20 Å². The SMILES string of the molecule is CCc1ccc(C2CNC2)cn1. The van der Waals surface area contributed by atoms with Crippen LogP contribution in [-0.2, 0) is 6.42 Å². The number of nitrogens with one attached hydrogen (secondary N) is 1. The molecule has 1 aromatic rings. The monoisotopic (exact) mass is 162 g/mol. The van der Waals surface area contributed by atoms with Crippen LogP contribution in [0.25, 0.3) is 0 Å². The van der Waals surface area contributed by atoms with Crippen molar-refractivity contribution >= 4 is 0 Å². The van der Waals surface area contributed by atoms with E-state index in [9.17, 15) is 0 Å². The normalized spacial score (nSPS) is 17.4. The first-order valence-corrected chi connectivity index (χ1v) is 4.55. The van der Waals surface area contributed by atoms with Crippen molar-refractivity contribution in [3.05, 3.63) is 29.6 Å². The molecule has 2 heteroatoms. The van der Waals surface area contributed by atoms with Crippen LogP contribution in [0.4, 0.5) is 0 Å². The van der Waals surface area contributed by atoms with Crippen molar-refractivity contribution in [3.63, 3.8) is 0 Å². The van der Waals surface area contributed by atoms with Crippen LogP contribution in [0.2, 0.25) is 0 Å². The van der Waals surface area contributed by atoms with Crippen LogP contribution in [0.5, 0.6) is 0 Å². The number of hydrogen-bond acceptors (Lipinski definition) is 2. The van der Waals surface area contributed by atoms with Gasteiger partial charge in [-0.1, -0.05) is 13.0 Å². The van der Waals surface area contributed by atoms with E-state index in [0.29, 0.717) is 5.92 Å².